The molecule has 4 nitrogen and oxygen atoms in total. The molecule has 0 saturated carbocycles. The van der Waals surface area contributed by atoms with E-state index in [0.29, 0.717) is 13.0 Å². The van der Waals surface area contributed by atoms with Crippen molar-refractivity contribution in [3.8, 4) is 5.75 Å². The van der Waals surface area contributed by atoms with E-state index in [4.69, 9.17) is 5.11 Å². The van der Waals surface area contributed by atoms with Gasteiger partial charge in [0.15, 0.2) is 0 Å². The van der Waals surface area contributed by atoms with Gasteiger partial charge in [-0.15, -0.1) is 0 Å². The first-order chi connectivity index (χ1) is 9.13. The van der Waals surface area contributed by atoms with E-state index < -0.39 is 5.82 Å². The normalized spacial score (nSPS) is 19.5. The van der Waals surface area contributed by atoms with E-state index in [-0.39, 0.29) is 29.9 Å². The summed E-state index contributed by atoms with van der Waals surface area (Å²) in [5.41, 5.74) is -0.00941. The second-order valence-electron chi connectivity index (χ2n) is 4.82. The van der Waals surface area contributed by atoms with Crippen molar-refractivity contribution in [2.24, 2.45) is 0 Å². The fourth-order valence-corrected chi connectivity index (χ4v) is 2.55. The van der Waals surface area contributed by atoms with E-state index in [2.05, 4.69) is 0 Å². The maximum absolute atomic E-state index is 13.2. The quantitative estimate of drug-likeness (QED) is 0.879. The average Bonchev–Trinajstić information content (AvgIpc) is 2.42. The fourth-order valence-electron chi connectivity index (χ4n) is 2.55. The van der Waals surface area contributed by atoms with Crippen LogP contribution in [0.2, 0.25) is 0 Å². The van der Waals surface area contributed by atoms with E-state index in [1.54, 1.807) is 4.90 Å². The molecular weight excluding hydrogens is 249 g/mol. The zero-order valence-corrected chi connectivity index (χ0v) is 10.7. The van der Waals surface area contributed by atoms with Crippen LogP contribution in [-0.4, -0.2) is 40.2 Å². The highest BCUT2D eigenvalue weighted by Crippen LogP contribution is 2.25. The van der Waals surface area contributed by atoms with Crippen LogP contribution in [0.15, 0.2) is 18.2 Å². The van der Waals surface area contributed by atoms with Gasteiger partial charge in [-0.05, 0) is 43.9 Å². The van der Waals surface area contributed by atoms with Crippen LogP contribution in [0.5, 0.6) is 5.75 Å². The van der Waals surface area contributed by atoms with E-state index in [1.165, 1.54) is 6.07 Å². The fraction of sp³-hybridized carbons (Fsp3) is 0.500. The molecule has 5 heteroatoms. The van der Waals surface area contributed by atoms with E-state index >= 15 is 0 Å². The molecule has 1 unspecified atom stereocenters. The second kappa shape index (κ2) is 6.02. The van der Waals surface area contributed by atoms with Crippen molar-refractivity contribution in [1.82, 2.24) is 4.90 Å². The van der Waals surface area contributed by atoms with Crippen LogP contribution in [0.4, 0.5) is 4.39 Å². The molecule has 0 aliphatic carbocycles. The molecule has 1 saturated heterocycles. The van der Waals surface area contributed by atoms with Gasteiger partial charge < -0.3 is 15.1 Å². The number of aromatic hydroxyl groups is 1. The Hall–Kier alpha value is -1.62. The lowest BCUT2D eigenvalue weighted by molar-refractivity contribution is 0.0571. The third-order valence-corrected chi connectivity index (χ3v) is 3.54. The first-order valence-corrected chi connectivity index (χ1v) is 6.54. The van der Waals surface area contributed by atoms with Crippen molar-refractivity contribution < 1.29 is 19.4 Å². The lowest BCUT2D eigenvalue weighted by atomic mass is 9.98. The Morgan fingerprint density at radius 2 is 2.21 bits per heavy atom. The molecule has 1 aromatic carbocycles. The maximum atomic E-state index is 13.2. The number of phenols is 1. The Bertz CT molecular complexity index is 462. The highest BCUT2D eigenvalue weighted by molar-refractivity contribution is 5.97. The summed E-state index contributed by atoms with van der Waals surface area (Å²) in [7, 11) is 0. The van der Waals surface area contributed by atoms with Gasteiger partial charge in [0.2, 0.25) is 0 Å². The Balaban J connectivity index is 2.23. The number of nitrogens with zero attached hydrogens (tertiary/aromatic N) is 1. The minimum atomic E-state index is -0.545. The van der Waals surface area contributed by atoms with Gasteiger partial charge in [-0.1, -0.05) is 0 Å². The number of halogens is 1. The van der Waals surface area contributed by atoms with Gasteiger partial charge >= 0.3 is 0 Å². The first-order valence-electron chi connectivity index (χ1n) is 6.54. The number of piperidine rings is 1. The van der Waals surface area contributed by atoms with Gasteiger partial charge in [0.25, 0.3) is 5.91 Å². The predicted octanol–water partition coefficient (Wildman–Crippen LogP) is 1.91. The van der Waals surface area contributed by atoms with Crippen molar-refractivity contribution >= 4 is 5.91 Å². The molecule has 19 heavy (non-hydrogen) atoms. The SMILES string of the molecule is O=C(c1cc(F)ccc1O)N1CCCCC1CCO. The predicted molar refractivity (Wildman–Crippen MR) is 68.4 cm³/mol. The summed E-state index contributed by atoms with van der Waals surface area (Å²) in [4.78, 5) is 14.0. The largest absolute Gasteiger partial charge is 0.507 e. The minimum absolute atomic E-state index is 0.00941. The number of hydrogen-bond donors (Lipinski definition) is 2. The summed E-state index contributed by atoms with van der Waals surface area (Å²) in [6.07, 6.45) is 3.26. The number of phenolic OH excluding ortho intramolecular Hbond substituents is 1. The summed E-state index contributed by atoms with van der Waals surface area (Å²) in [5, 5.41) is 18.7. The molecule has 0 aromatic heterocycles. The molecule has 1 atom stereocenters. The summed E-state index contributed by atoms with van der Waals surface area (Å²) < 4.78 is 13.2. The number of hydrogen-bond acceptors (Lipinski definition) is 3. The van der Waals surface area contributed by atoms with E-state index in [9.17, 15) is 14.3 Å². The molecule has 2 N–H and O–H groups in total. The minimum Gasteiger partial charge on any atom is -0.507 e. The Labute approximate surface area is 111 Å². The number of aliphatic hydroxyl groups excluding tert-OH is 1. The summed E-state index contributed by atoms with van der Waals surface area (Å²) in [6.45, 7) is 0.600. The molecule has 0 bridgehead atoms. The molecule has 0 spiro atoms. The molecule has 0 radical (unpaired) electrons. The number of rotatable bonds is 3. The van der Waals surface area contributed by atoms with Gasteiger partial charge in [0.1, 0.15) is 11.6 Å². The second-order valence-corrected chi connectivity index (χ2v) is 4.82. The van der Waals surface area contributed by atoms with Crippen molar-refractivity contribution in [3.63, 3.8) is 0 Å². The van der Waals surface area contributed by atoms with Gasteiger partial charge in [-0.2, -0.15) is 0 Å². The average molecular weight is 267 g/mol. The number of benzene rings is 1. The molecule has 1 fully saturated rings. The maximum Gasteiger partial charge on any atom is 0.257 e. The molecule has 1 aliphatic rings. The number of likely N-dealkylation sites (tertiary alicyclic amines) is 1. The zero-order valence-electron chi connectivity index (χ0n) is 10.7. The van der Waals surface area contributed by atoms with Crippen molar-refractivity contribution in [2.45, 2.75) is 31.7 Å². The molecule has 1 heterocycles. The Morgan fingerprint density at radius 3 is 2.95 bits per heavy atom. The number of aliphatic hydroxyl groups is 1. The highest BCUT2D eigenvalue weighted by Gasteiger charge is 2.28. The van der Waals surface area contributed by atoms with Gasteiger partial charge in [0, 0.05) is 19.2 Å². The third-order valence-electron chi connectivity index (χ3n) is 3.54. The zero-order chi connectivity index (χ0) is 13.8. The van der Waals surface area contributed by atoms with Crippen LogP contribution in [0.25, 0.3) is 0 Å². The topological polar surface area (TPSA) is 60.8 Å². The van der Waals surface area contributed by atoms with Crippen LogP contribution in [0.1, 0.15) is 36.0 Å². The Kier molecular flexibility index (Phi) is 4.37. The Morgan fingerprint density at radius 1 is 1.42 bits per heavy atom. The van der Waals surface area contributed by atoms with Crippen LogP contribution in [0.3, 0.4) is 0 Å². The molecule has 1 aromatic rings. The smallest absolute Gasteiger partial charge is 0.257 e. The van der Waals surface area contributed by atoms with E-state index in [1.807, 2.05) is 0 Å². The van der Waals surface area contributed by atoms with Gasteiger partial charge in [0.05, 0.1) is 5.56 Å². The molecule has 1 aliphatic heterocycles. The molecule has 104 valence electrons. The van der Waals surface area contributed by atoms with Crippen LogP contribution in [-0.2, 0) is 0 Å². The molecule has 2 rings (SSSR count). The van der Waals surface area contributed by atoms with E-state index in [0.717, 1.165) is 31.4 Å². The third kappa shape index (κ3) is 3.04. The van der Waals surface area contributed by atoms with Crippen molar-refractivity contribution in [3.05, 3.63) is 29.6 Å². The van der Waals surface area contributed by atoms with Crippen LogP contribution < -0.4 is 0 Å². The van der Waals surface area contributed by atoms with Gasteiger partial charge in [-0.25, -0.2) is 4.39 Å². The number of amides is 1. The monoisotopic (exact) mass is 267 g/mol. The summed E-state index contributed by atoms with van der Waals surface area (Å²) >= 11 is 0. The number of carbonyl (C=O) groups is 1. The number of carbonyl (C=O) groups excluding carboxylic acids is 1. The lowest BCUT2D eigenvalue weighted by Crippen LogP contribution is -2.44. The highest BCUT2D eigenvalue weighted by atomic mass is 19.1. The summed E-state index contributed by atoms with van der Waals surface area (Å²) in [6, 6.07) is 3.33. The van der Waals surface area contributed by atoms with Gasteiger partial charge in [-0.3, -0.25) is 4.79 Å². The molecular formula is C14H18FNO3. The van der Waals surface area contributed by atoms with Crippen molar-refractivity contribution in [1.29, 1.82) is 0 Å². The van der Waals surface area contributed by atoms with Crippen LogP contribution >= 0.6 is 0 Å². The summed E-state index contributed by atoms with van der Waals surface area (Å²) in [5.74, 6) is -1.12. The standard InChI is InChI=1S/C14H18FNO3/c15-10-4-5-13(18)12(9-10)14(19)16-7-2-1-3-11(16)6-8-17/h4-5,9,11,17-18H,1-3,6-8H2. The first kappa shape index (κ1) is 13.8. The van der Waals surface area contributed by atoms with Crippen molar-refractivity contribution in [2.75, 3.05) is 13.2 Å². The molecule has 1 amide bonds. The van der Waals surface area contributed by atoms with Crippen LogP contribution in [0, 0.1) is 5.82 Å². The lowest BCUT2D eigenvalue weighted by Gasteiger charge is -2.35.